The minimum atomic E-state index is 0.483. The number of rotatable bonds is 4. The van der Waals surface area contributed by atoms with Gasteiger partial charge in [0.1, 0.15) is 5.82 Å². The Balaban J connectivity index is 2.27. The van der Waals surface area contributed by atoms with Crippen LogP contribution < -0.4 is 4.90 Å². The number of aromatic nitrogens is 3. The molecule has 0 aliphatic carbocycles. The summed E-state index contributed by atoms with van der Waals surface area (Å²) in [4.78, 5) is 6.42. The van der Waals surface area contributed by atoms with Gasteiger partial charge in [0.2, 0.25) is 0 Å². The van der Waals surface area contributed by atoms with Crippen molar-refractivity contribution in [2.75, 3.05) is 11.9 Å². The third kappa shape index (κ3) is 2.45. The lowest BCUT2D eigenvalue weighted by molar-refractivity contribution is 0.723. The zero-order valence-electron chi connectivity index (χ0n) is 10.1. The van der Waals surface area contributed by atoms with Gasteiger partial charge in [0.05, 0.1) is 29.3 Å². The van der Waals surface area contributed by atoms with Crippen molar-refractivity contribution in [2.45, 2.75) is 19.3 Å². The summed E-state index contributed by atoms with van der Waals surface area (Å²) in [5.41, 5.74) is 4.99. The fraction of sp³-hybridized carbons (Fsp3) is 0.455. The highest BCUT2D eigenvalue weighted by Gasteiger charge is 2.16. The van der Waals surface area contributed by atoms with Crippen LogP contribution in [0.1, 0.15) is 17.0 Å². The quantitative estimate of drug-likeness (QED) is 0.801. The number of nitrogens with zero attached hydrogens (tertiary/aromatic N) is 4. The molecule has 4 nitrogen and oxygen atoms in total. The first-order valence-electron chi connectivity index (χ1n) is 5.30. The second-order valence-electron chi connectivity index (χ2n) is 3.98. The first-order valence-corrected chi connectivity index (χ1v) is 6.78. The minimum Gasteiger partial charge on any atom is -0.354 e. The molecule has 0 bridgehead atoms. The van der Waals surface area contributed by atoms with Crippen LogP contribution in [0.3, 0.4) is 0 Å². The molecule has 2 aromatic heterocycles. The first-order chi connectivity index (χ1) is 8.13. The molecule has 2 aromatic rings. The Morgan fingerprint density at radius 1 is 1.53 bits per heavy atom. The predicted molar refractivity (Wildman–Crippen MR) is 71.7 cm³/mol. The van der Waals surface area contributed by atoms with E-state index in [1.165, 1.54) is 0 Å². The second kappa shape index (κ2) is 5.06. The molecule has 92 valence electrons. The Labute approximate surface area is 110 Å². The predicted octanol–water partition coefficient (Wildman–Crippen LogP) is 2.56. The van der Waals surface area contributed by atoms with Crippen LogP contribution in [0.25, 0.3) is 0 Å². The summed E-state index contributed by atoms with van der Waals surface area (Å²) in [6.45, 7) is 2.75. The molecule has 0 spiro atoms. The van der Waals surface area contributed by atoms with E-state index in [9.17, 15) is 0 Å². The lowest BCUT2D eigenvalue weighted by Crippen LogP contribution is -2.20. The number of anilines is 1. The molecule has 0 unspecified atom stereocenters. The molecule has 0 aliphatic heterocycles. The standard InChI is InChI=1S/C11H15ClN4S/c1-8-10(4-12)11(16(3)14-8)15(2)5-9-6-17-7-13-9/h6-7H,4-5H2,1-3H3. The highest BCUT2D eigenvalue weighted by Crippen LogP contribution is 2.25. The van der Waals surface area contributed by atoms with Crippen molar-refractivity contribution in [1.29, 1.82) is 0 Å². The van der Waals surface area contributed by atoms with E-state index in [1.807, 2.05) is 31.2 Å². The number of alkyl halides is 1. The van der Waals surface area contributed by atoms with Crippen molar-refractivity contribution in [1.82, 2.24) is 14.8 Å². The first kappa shape index (κ1) is 12.4. The Morgan fingerprint density at radius 3 is 2.88 bits per heavy atom. The van der Waals surface area contributed by atoms with E-state index in [1.54, 1.807) is 11.3 Å². The van der Waals surface area contributed by atoms with Gasteiger partial charge in [-0.25, -0.2) is 4.98 Å². The van der Waals surface area contributed by atoms with Crippen LogP contribution >= 0.6 is 22.9 Å². The molecular weight excluding hydrogens is 256 g/mol. The molecule has 0 fully saturated rings. The molecule has 0 saturated heterocycles. The third-order valence-corrected chi connectivity index (χ3v) is 3.59. The smallest absolute Gasteiger partial charge is 0.131 e. The summed E-state index contributed by atoms with van der Waals surface area (Å²) in [5.74, 6) is 1.54. The maximum absolute atomic E-state index is 5.98. The fourth-order valence-electron chi connectivity index (χ4n) is 1.96. The molecule has 0 radical (unpaired) electrons. The molecule has 0 atom stereocenters. The summed E-state index contributed by atoms with van der Waals surface area (Å²) in [7, 11) is 3.97. The molecule has 0 N–H and O–H groups in total. The summed E-state index contributed by atoms with van der Waals surface area (Å²) in [6.07, 6.45) is 0. The van der Waals surface area contributed by atoms with Gasteiger partial charge in [0, 0.05) is 25.0 Å². The average molecular weight is 271 g/mol. The van der Waals surface area contributed by atoms with Crippen molar-refractivity contribution >= 4 is 28.8 Å². The van der Waals surface area contributed by atoms with Crippen LogP contribution in [-0.2, 0) is 19.5 Å². The topological polar surface area (TPSA) is 34.0 Å². The van der Waals surface area contributed by atoms with E-state index in [4.69, 9.17) is 11.6 Å². The molecule has 6 heteroatoms. The molecule has 2 rings (SSSR count). The SMILES string of the molecule is Cc1nn(C)c(N(C)Cc2cscn2)c1CCl. The maximum atomic E-state index is 5.98. The summed E-state index contributed by atoms with van der Waals surface area (Å²) in [5, 5.41) is 6.46. The fourth-order valence-corrected chi connectivity index (χ4v) is 2.82. The van der Waals surface area contributed by atoms with E-state index >= 15 is 0 Å². The molecule has 0 amide bonds. The van der Waals surface area contributed by atoms with Gasteiger partial charge in [-0.05, 0) is 6.92 Å². The van der Waals surface area contributed by atoms with Crippen LogP contribution in [0.2, 0.25) is 0 Å². The average Bonchev–Trinajstić information content (AvgIpc) is 2.85. The Bertz CT molecular complexity index is 492. The van der Waals surface area contributed by atoms with Crippen LogP contribution in [0, 0.1) is 6.92 Å². The lowest BCUT2D eigenvalue weighted by Gasteiger charge is -2.19. The molecule has 0 aromatic carbocycles. The van der Waals surface area contributed by atoms with Gasteiger partial charge in [-0.1, -0.05) is 0 Å². The zero-order valence-corrected chi connectivity index (χ0v) is 11.7. The van der Waals surface area contributed by atoms with Gasteiger partial charge in [-0.3, -0.25) is 4.68 Å². The summed E-state index contributed by atoms with van der Waals surface area (Å²) < 4.78 is 1.87. The highest BCUT2D eigenvalue weighted by atomic mass is 35.5. The van der Waals surface area contributed by atoms with Crippen molar-refractivity contribution < 1.29 is 0 Å². The zero-order chi connectivity index (χ0) is 12.4. The number of aryl methyl sites for hydroxylation is 2. The van der Waals surface area contributed by atoms with Crippen LogP contribution in [-0.4, -0.2) is 21.8 Å². The Kier molecular flexibility index (Phi) is 3.69. The number of thiazole rings is 1. The molecular formula is C11H15ClN4S. The third-order valence-electron chi connectivity index (χ3n) is 2.69. The molecule has 0 aliphatic rings. The van der Waals surface area contributed by atoms with Crippen molar-refractivity contribution in [2.24, 2.45) is 7.05 Å². The maximum Gasteiger partial charge on any atom is 0.131 e. The molecule has 2 heterocycles. The largest absolute Gasteiger partial charge is 0.354 e. The monoisotopic (exact) mass is 270 g/mol. The minimum absolute atomic E-state index is 0.483. The summed E-state index contributed by atoms with van der Waals surface area (Å²) >= 11 is 7.59. The Hall–Kier alpha value is -1.07. The number of hydrogen-bond acceptors (Lipinski definition) is 4. The van der Waals surface area contributed by atoms with Gasteiger partial charge in [0.15, 0.2) is 0 Å². The van der Waals surface area contributed by atoms with E-state index in [0.29, 0.717) is 5.88 Å². The molecule has 0 saturated carbocycles. The lowest BCUT2D eigenvalue weighted by atomic mass is 10.2. The van der Waals surface area contributed by atoms with Crippen molar-refractivity contribution in [3.05, 3.63) is 27.8 Å². The van der Waals surface area contributed by atoms with E-state index in [2.05, 4.69) is 20.4 Å². The number of hydrogen-bond donors (Lipinski definition) is 0. The van der Waals surface area contributed by atoms with Crippen molar-refractivity contribution in [3.8, 4) is 0 Å². The van der Waals surface area contributed by atoms with E-state index in [0.717, 1.165) is 29.3 Å². The second-order valence-corrected chi connectivity index (χ2v) is 4.97. The summed E-state index contributed by atoms with van der Waals surface area (Å²) in [6, 6.07) is 0. The van der Waals surface area contributed by atoms with Crippen LogP contribution in [0.5, 0.6) is 0 Å². The van der Waals surface area contributed by atoms with Crippen LogP contribution in [0.15, 0.2) is 10.9 Å². The highest BCUT2D eigenvalue weighted by molar-refractivity contribution is 7.07. The van der Waals surface area contributed by atoms with Gasteiger partial charge >= 0.3 is 0 Å². The van der Waals surface area contributed by atoms with Gasteiger partial charge < -0.3 is 4.90 Å². The van der Waals surface area contributed by atoms with Crippen molar-refractivity contribution in [3.63, 3.8) is 0 Å². The number of halogens is 1. The van der Waals surface area contributed by atoms with Gasteiger partial charge in [-0.15, -0.1) is 22.9 Å². The van der Waals surface area contributed by atoms with Gasteiger partial charge in [0.25, 0.3) is 0 Å². The van der Waals surface area contributed by atoms with E-state index < -0.39 is 0 Å². The van der Waals surface area contributed by atoms with Gasteiger partial charge in [-0.2, -0.15) is 5.10 Å². The van der Waals surface area contributed by atoms with E-state index in [-0.39, 0.29) is 0 Å². The Morgan fingerprint density at radius 2 is 2.29 bits per heavy atom. The normalized spacial score (nSPS) is 10.8. The molecule has 17 heavy (non-hydrogen) atoms. The van der Waals surface area contributed by atoms with Crippen LogP contribution in [0.4, 0.5) is 5.82 Å².